The maximum Gasteiger partial charge on any atom is 0.417 e. The quantitative estimate of drug-likeness (QED) is 0.274. The number of nitrogens with zero attached hydrogens (tertiary/aromatic N) is 2. The molecule has 0 saturated heterocycles. The van der Waals surface area contributed by atoms with Crippen LogP contribution in [-0.2, 0) is 28.5 Å². The first-order valence-corrected chi connectivity index (χ1v) is 14.0. The Hall–Kier alpha value is -3.18. The molecule has 1 amide bonds. The van der Waals surface area contributed by atoms with Crippen LogP contribution in [0, 0.1) is 0 Å². The molecule has 0 spiro atoms. The number of carbonyl (C=O) groups excluding carboxylic acids is 1. The zero-order valence-corrected chi connectivity index (χ0v) is 22.5. The number of carboxylic acids is 1. The van der Waals surface area contributed by atoms with E-state index >= 15 is 0 Å². The average Bonchev–Trinajstić information content (AvgIpc) is 3.76. The van der Waals surface area contributed by atoms with Gasteiger partial charge in [-0.05, 0) is 81.7 Å². The van der Waals surface area contributed by atoms with Crippen LogP contribution >= 0.6 is 0 Å². The van der Waals surface area contributed by atoms with Crippen molar-refractivity contribution in [1.29, 1.82) is 0 Å². The summed E-state index contributed by atoms with van der Waals surface area (Å²) in [4.78, 5) is 31.4. The van der Waals surface area contributed by atoms with E-state index in [0.29, 0.717) is 32.3 Å². The molecule has 1 atom stereocenters. The molecule has 2 aliphatic rings. The minimum Gasteiger partial charge on any atom is -0.480 e. The van der Waals surface area contributed by atoms with Crippen molar-refractivity contribution < 1.29 is 32.6 Å². The summed E-state index contributed by atoms with van der Waals surface area (Å²) in [7, 11) is 0. The number of fused-ring (bicyclic) bond motifs is 1. The molecule has 4 rings (SSSR count). The molecule has 8 nitrogen and oxygen atoms in total. The summed E-state index contributed by atoms with van der Waals surface area (Å²) in [6.07, 6.45) is 2.47. The van der Waals surface area contributed by atoms with E-state index in [-0.39, 0.29) is 6.42 Å². The lowest BCUT2D eigenvalue weighted by atomic mass is 10.1. The number of benzene rings is 1. The summed E-state index contributed by atoms with van der Waals surface area (Å²) in [5, 5.41) is 15.3. The third-order valence-corrected chi connectivity index (χ3v) is 7.21. The summed E-state index contributed by atoms with van der Waals surface area (Å²) in [5.74, 6) is -1.38. The highest BCUT2D eigenvalue weighted by atomic mass is 19.4. The molecule has 0 radical (unpaired) electrons. The van der Waals surface area contributed by atoms with Crippen molar-refractivity contribution in [3.05, 3.63) is 58.8 Å². The van der Waals surface area contributed by atoms with Gasteiger partial charge >= 0.3 is 12.1 Å². The third-order valence-electron chi connectivity index (χ3n) is 7.21. The molecular weight excluding hydrogens is 525 g/mol. The van der Waals surface area contributed by atoms with Crippen LogP contribution in [0.25, 0.3) is 0 Å². The molecule has 1 aromatic heterocycles. The number of anilines is 1. The van der Waals surface area contributed by atoms with E-state index < -0.39 is 35.2 Å². The number of nitrogens with one attached hydrogen (secondary N) is 2. The van der Waals surface area contributed by atoms with E-state index in [2.05, 4.69) is 27.7 Å². The second kappa shape index (κ2) is 13.9. The maximum absolute atomic E-state index is 13.3. The van der Waals surface area contributed by atoms with Crippen LogP contribution in [0.1, 0.15) is 65.7 Å². The number of carboxylic acid groups (broad SMARTS) is 1. The van der Waals surface area contributed by atoms with Crippen LogP contribution in [0.4, 0.5) is 19.0 Å². The normalized spacial score (nSPS) is 15.8. The number of rotatable bonds is 15. The van der Waals surface area contributed by atoms with Gasteiger partial charge < -0.3 is 25.4 Å². The fraction of sp³-hybridized carbons (Fsp3) is 0.552. The van der Waals surface area contributed by atoms with Gasteiger partial charge in [-0.25, -0.2) is 9.78 Å². The van der Waals surface area contributed by atoms with Gasteiger partial charge in [-0.15, -0.1) is 0 Å². The van der Waals surface area contributed by atoms with Crippen molar-refractivity contribution >= 4 is 17.7 Å². The van der Waals surface area contributed by atoms with Crippen molar-refractivity contribution in [2.24, 2.45) is 0 Å². The summed E-state index contributed by atoms with van der Waals surface area (Å²) in [6.45, 7) is 3.12. The van der Waals surface area contributed by atoms with Crippen molar-refractivity contribution in [3.8, 4) is 0 Å². The maximum atomic E-state index is 13.3. The number of ether oxygens (including phenoxy) is 1. The zero-order valence-electron chi connectivity index (χ0n) is 22.5. The van der Waals surface area contributed by atoms with E-state index in [1.54, 1.807) is 0 Å². The number of aliphatic carboxylic acids is 1. The smallest absolute Gasteiger partial charge is 0.417 e. The van der Waals surface area contributed by atoms with E-state index in [0.717, 1.165) is 75.1 Å². The van der Waals surface area contributed by atoms with Crippen molar-refractivity contribution in [2.75, 3.05) is 38.1 Å². The van der Waals surface area contributed by atoms with Crippen LogP contribution in [0.3, 0.4) is 0 Å². The average molecular weight is 563 g/mol. The first-order valence-electron chi connectivity index (χ1n) is 14.0. The van der Waals surface area contributed by atoms with Crippen molar-refractivity contribution in [1.82, 2.24) is 15.2 Å². The monoisotopic (exact) mass is 562 g/mol. The van der Waals surface area contributed by atoms with Gasteiger partial charge in [-0.1, -0.05) is 18.2 Å². The minimum atomic E-state index is -4.73. The van der Waals surface area contributed by atoms with Gasteiger partial charge in [0.05, 0.1) is 23.8 Å². The lowest BCUT2D eigenvalue weighted by Crippen LogP contribution is -2.44. The van der Waals surface area contributed by atoms with Gasteiger partial charge in [0.1, 0.15) is 11.9 Å². The van der Waals surface area contributed by atoms with Crippen molar-refractivity contribution in [2.45, 2.75) is 69.7 Å². The summed E-state index contributed by atoms with van der Waals surface area (Å²) in [5.41, 5.74) is 0.588. The number of alkyl halides is 3. The summed E-state index contributed by atoms with van der Waals surface area (Å²) >= 11 is 0. The standard InChI is InChI=1S/C29H37F3N4O4/c30-29(31,32)24-9-2-1-8-23(24)27(37)35-25(28(38)39)14-17-36(18-19-40-22-12-13-22)16-4-3-7-21-11-10-20-6-5-15-33-26(20)34-21/h1-2,8-11,22,25H,3-7,12-19H2,(H,33,34)(H,35,37)(H,38,39). The van der Waals surface area contributed by atoms with Gasteiger partial charge in [0, 0.05) is 25.3 Å². The largest absolute Gasteiger partial charge is 0.480 e. The van der Waals surface area contributed by atoms with Gasteiger partial charge in [0.25, 0.3) is 5.91 Å². The van der Waals surface area contributed by atoms with Crippen molar-refractivity contribution in [3.63, 3.8) is 0 Å². The minimum absolute atomic E-state index is 0.0523. The Balaban J connectivity index is 1.30. The molecule has 1 aliphatic heterocycles. The molecule has 3 N–H and O–H groups in total. The van der Waals surface area contributed by atoms with Crippen LogP contribution in [-0.4, -0.2) is 71.8 Å². The molecule has 1 aromatic carbocycles. The van der Waals surface area contributed by atoms with E-state index in [1.165, 1.54) is 17.7 Å². The number of unbranched alkanes of at least 4 members (excludes halogenated alkanes) is 1. The highest BCUT2D eigenvalue weighted by molar-refractivity contribution is 5.98. The molecule has 1 saturated carbocycles. The van der Waals surface area contributed by atoms with Gasteiger partial charge in [-0.3, -0.25) is 4.79 Å². The summed E-state index contributed by atoms with van der Waals surface area (Å²) in [6, 6.07) is 7.25. The predicted octanol–water partition coefficient (Wildman–Crippen LogP) is 4.54. The Morgan fingerprint density at radius 1 is 1.12 bits per heavy atom. The Bertz CT molecular complexity index is 1160. The Morgan fingerprint density at radius 3 is 2.67 bits per heavy atom. The number of aryl methyl sites for hydroxylation is 2. The number of hydrogen-bond acceptors (Lipinski definition) is 6. The molecule has 1 fully saturated rings. The zero-order chi connectivity index (χ0) is 28.5. The van der Waals surface area contributed by atoms with Crippen LogP contribution in [0.5, 0.6) is 0 Å². The predicted molar refractivity (Wildman–Crippen MR) is 144 cm³/mol. The third kappa shape index (κ3) is 8.92. The molecule has 1 aliphatic carbocycles. The lowest BCUT2D eigenvalue weighted by molar-refractivity contribution is -0.139. The number of pyridine rings is 1. The molecule has 0 bridgehead atoms. The molecule has 40 heavy (non-hydrogen) atoms. The van der Waals surface area contributed by atoms with E-state index in [9.17, 15) is 27.9 Å². The number of aromatic nitrogens is 1. The van der Waals surface area contributed by atoms with Crippen LogP contribution < -0.4 is 10.6 Å². The first-order chi connectivity index (χ1) is 19.2. The number of hydrogen-bond donors (Lipinski definition) is 3. The Morgan fingerprint density at radius 2 is 1.93 bits per heavy atom. The number of halogens is 3. The Labute approximate surface area is 232 Å². The molecule has 2 heterocycles. The molecule has 2 aromatic rings. The number of carbonyl (C=O) groups is 2. The second-order valence-corrected chi connectivity index (χ2v) is 10.4. The molecular formula is C29H37F3N4O4. The fourth-order valence-electron chi connectivity index (χ4n) is 4.80. The van der Waals surface area contributed by atoms with E-state index in [1.807, 2.05) is 0 Å². The second-order valence-electron chi connectivity index (χ2n) is 10.4. The SMILES string of the molecule is O=C(NC(CCN(CCCCc1ccc2c(n1)NCCC2)CCOC1CC1)C(=O)O)c1ccccc1C(F)(F)F. The van der Waals surface area contributed by atoms with E-state index in [4.69, 9.17) is 9.72 Å². The van der Waals surface area contributed by atoms with Gasteiger partial charge in [-0.2, -0.15) is 13.2 Å². The van der Waals surface area contributed by atoms with Crippen LogP contribution in [0.15, 0.2) is 36.4 Å². The Kier molecular flexibility index (Phi) is 10.4. The van der Waals surface area contributed by atoms with Gasteiger partial charge in [0.15, 0.2) is 0 Å². The van der Waals surface area contributed by atoms with Crippen LogP contribution in [0.2, 0.25) is 0 Å². The fourth-order valence-corrected chi connectivity index (χ4v) is 4.80. The topological polar surface area (TPSA) is 104 Å². The summed E-state index contributed by atoms with van der Waals surface area (Å²) < 4.78 is 45.8. The number of amides is 1. The molecule has 1 unspecified atom stereocenters. The molecule has 11 heteroatoms. The van der Waals surface area contributed by atoms with Gasteiger partial charge in [0.2, 0.25) is 0 Å². The molecule has 218 valence electrons. The highest BCUT2D eigenvalue weighted by Gasteiger charge is 2.35. The highest BCUT2D eigenvalue weighted by Crippen LogP contribution is 2.32. The first kappa shape index (κ1) is 29.8. The lowest BCUT2D eigenvalue weighted by Gasteiger charge is -2.24.